The lowest BCUT2D eigenvalue weighted by molar-refractivity contribution is -0.117. The number of aromatic amines is 1. The second kappa shape index (κ2) is 4.96. The summed E-state index contributed by atoms with van der Waals surface area (Å²) < 4.78 is 0. The molecular weight excluding hydrogens is 240 g/mol. The third-order valence-corrected chi connectivity index (χ3v) is 4.44. The van der Waals surface area contributed by atoms with Crippen LogP contribution in [0.5, 0.6) is 0 Å². The smallest absolute Gasteiger partial charge is 0.224 e. The van der Waals surface area contributed by atoms with Crippen molar-refractivity contribution in [2.45, 2.75) is 58.0 Å². The van der Waals surface area contributed by atoms with E-state index in [-0.39, 0.29) is 5.91 Å². The van der Waals surface area contributed by atoms with Crippen molar-refractivity contribution in [3.63, 3.8) is 0 Å². The van der Waals surface area contributed by atoms with Gasteiger partial charge in [-0.3, -0.25) is 9.89 Å². The number of aromatic nitrogens is 2. The quantitative estimate of drug-likeness (QED) is 0.779. The maximum absolute atomic E-state index is 12.1. The number of anilines is 1. The van der Waals surface area contributed by atoms with Gasteiger partial charge in [0, 0.05) is 18.5 Å². The summed E-state index contributed by atoms with van der Waals surface area (Å²) in [6.45, 7) is 3.84. The van der Waals surface area contributed by atoms with Gasteiger partial charge in [-0.05, 0) is 45.4 Å². The van der Waals surface area contributed by atoms with E-state index >= 15 is 0 Å². The first-order valence-corrected chi connectivity index (χ1v) is 7.19. The molecule has 5 heteroatoms. The fraction of sp³-hybridized carbons (Fsp3) is 0.714. The van der Waals surface area contributed by atoms with Crippen molar-refractivity contribution < 1.29 is 4.79 Å². The number of aryl methyl sites for hydroxylation is 2. The average Bonchev–Trinajstić information content (AvgIpc) is 2.86. The molecule has 2 saturated heterocycles. The molecule has 1 aromatic rings. The van der Waals surface area contributed by atoms with Crippen LogP contribution in [-0.4, -0.2) is 28.2 Å². The zero-order valence-electron chi connectivity index (χ0n) is 11.6. The molecule has 5 nitrogen and oxygen atoms in total. The first-order chi connectivity index (χ1) is 9.11. The van der Waals surface area contributed by atoms with Crippen LogP contribution in [0.2, 0.25) is 0 Å². The van der Waals surface area contributed by atoms with Crippen LogP contribution in [0.15, 0.2) is 0 Å². The second-order valence-electron chi connectivity index (χ2n) is 6.04. The first kappa shape index (κ1) is 12.7. The van der Waals surface area contributed by atoms with Crippen LogP contribution in [0.4, 0.5) is 5.69 Å². The summed E-state index contributed by atoms with van der Waals surface area (Å²) in [5.74, 6) is 0.658. The van der Waals surface area contributed by atoms with Crippen LogP contribution in [-0.2, 0) is 4.79 Å². The maximum atomic E-state index is 12.1. The van der Waals surface area contributed by atoms with E-state index in [4.69, 9.17) is 0 Å². The molecule has 3 heterocycles. The third-order valence-electron chi connectivity index (χ3n) is 4.44. The Labute approximate surface area is 113 Å². The molecule has 0 aliphatic carbocycles. The van der Waals surface area contributed by atoms with Gasteiger partial charge in [0.15, 0.2) is 0 Å². The van der Waals surface area contributed by atoms with Crippen molar-refractivity contribution in [1.82, 2.24) is 15.5 Å². The van der Waals surface area contributed by atoms with Gasteiger partial charge in [-0.25, -0.2) is 0 Å². The number of piperidine rings is 1. The molecule has 0 spiro atoms. The summed E-state index contributed by atoms with van der Waals surface area (Å²) >= 11 is 0. The average molecular weight is 262 g/mol. The Kier molecular flexibility index (Phi) is 3.31. The Bertz CT molecular complexity index is 450. The van der Waals surface area contributed by atoms with E-state index in [9.17, 15) is 4.79 Å². The van der Waals surface area contributed by atoms with Gasteiger partial charge in [0.2, 0.25) is 5.91 Å². The Balaban J connectivity index is 1.57. The number of carbonyl (C=O) groups excluding carboxylic acids is 1. The normalized spacial score (nSPS) is 29.5. The number of carbonyl (C=O) groups is 1. The van der Waals surface area contributed by atoms with Gasteiger partial charge in [-0.1, -0.05) is 0 Å². The summed E-state index contributed by atoms with van der Waals surface area (Å²) in [5.41, 5.74) is 2.63. The molecule has 19 heavy (non-hydrogen) atoms. The number of nitrogens with one attached hydrogen (secondary N) is 3. The highest BCUT2D eigenvalue weighted by Gasteiger charge is 2.34. The molecule has 104 valence electrons. The van der Waals surface area contributed by atoms with Gasteiger partial charge < -0.3 is 10.6 Å². The molecule has 3 N–H and O–H groups in total. The van der Waals surface area contributed by atoms with Gasteiger partial charge in [-0.15, -0.1) is 0 Å². The SMILES string of the molecule is Cc1n[nH]c(C)c1NC(=O)CC1CC2CCC(C1)N2. The fourth-order valence-corrected chi connectivity index (χ4v) is 3.53. The summed E-state index contributed by atoms with van der Waals surface area (Å²) in [5, 5.41) is 13.6. The van der Waals surface area contributed by atoms with E-state index in [0.29, 0.717) is 24.4 Å². The summed E-state index contributed by atoms with van der Waals surface area (Å²) in [7, 11) is 0. The van der Waals surface area contributed by atoms with Gasteiger partial charge in [0.05, 0.1) is 17.1 Å². The molecule has 1 aromatic heterocycles. The molecule has 1 amide bonds. The topological polar surface area (TPSA) is 69.8 Å². The molecule has 2 aliphatic heterocycles. The monoisotopic (exact) mass is 262 g/mol. The number of amides is 1. The minimum absolute atomic E-state index is 0.124. The molecular formula is C14H22N4O. The molecule has 2 aliphatic rings. The highest BCUT2D eigenvalue weighted by atomic mass is 16.1. The van der Waals surface area contributed by atoms with Crippen LogP contribution in [0, 0.1) is 19.8 Å². The Hall–Kier alpha value is -1.36. The van der Waals surface area contributed by atoms with Crippen molar-refractivity contribution >= 4 is 11.6 Å². The lowest BCUT2D eigenvalue weighted by atomic mass is 9.89. The molecule has 2 atom stereocenters. The second-order valence-corrected chi connectivity index (χ2v) is 6.04. The van der Waals surface area contributed by atoms with Gasteiger partial charge >= 0.3 is 0 Å². The number of nitrogens with zero attached hydrogens (tertiary/aromatic N) is 1. The largest absolute Gasteiger partial charge is 0.323 e. The molecule has 2 fully saturated rings. The van der Waals surface area contributed by atoms with Crippen molar-refractivity contribution in [2.24, 2.45) is 5.92 Å². The zero-order chi connectivity index (χ0) is 13.4. The Morgan fingerprint density at radius 1 is 1.32 bits per heavy atom. The Morgan fingerprint density at radius 2 is 2.00 bits per heavy atom. The lowest BCUT2D eigenvalue weighted by Gasteiger charge is -2.28. The van der Waals surface area contributed by atoms with Crippen LogP contribution in [0.3, 0.4) is 0 Å². The van der Waals surface area contributed by atoms with Crippen LogP contribution in [0.25, 0.3) is 0 Å². The van der Waals surface area contributed by atoms with Crippen molar-refractivity contribution in [3.8, 4) is 0 Å². The standard InChI is InChI=1S/C14H22N4O/c1-8-14(9(2)18-17-8)16-13(19)7-10-5-11-3-4-12(6-10)15-11/h10-12,15H,3-7H2,1-2H3,(H,16,19)(H,17,18). The molecule has 3 rings (SSSR count). The number of rotatable bonds is 3. The van der Waals surface area contributed by atoms with Gasteiger partial charge in [0.1, 0.15) is 0 Å². The minimum atomic E-state index is 0.124. The number of H-pyrrole nitrogens is 1. The fourth-order valence-electron chi connectivity index (χ4n) is 3.53. The van der Waals surface area contributed by atoms with Gasteiger partial charge in [0.25, 0.3) is 0 Å². The lowest BCUT2D eigenvalue weighted by Crippen LogP contribution is -2.39. The van der Waals surface area contributed by atoms with E-state index in [1.807, 2.05) is 13.8 Å². The number of hydrogen-bond acceptors (Lipinski definition) is 3. The predicted octanol–water partition coefficient (Wildman–Crippen LogP) is 1.89. The highest BCUT2D eigenvalue weighted by Crippen LogP contribution is 2.32. The molecule has 2 unspecified atom stereocenters. The van der Waals surface area contributed by atoms with Gasteiger partial charge in [-0.2, -0.15) is 5.10 Å². The summed E-state index contributed by atoms with van der Waals surface area (Å²) in [6.07, 6.45) is 5.49. The van der Waals surface area contributed by atoms with Crippen LogP contribution < -0.4 is 10.6 Å². The minimum Gasteiger partial charge on any atom is -0.323 e. The van der Waals surface area contributed by atoms with E-state index in [0.717, 1.165) is 29.9 Å². The highest BCUT2D eigenvalue weighted by molar-refractivity contribution is 5.92. The van der Waals surface area contributed by atoms with E-state index in [1.165, 1.54) is 12.8 Å². The van der Waals surface area contributed by atoms with Crippen molar-refractivity contribution in [1.29, 1.82) is 0 Å². The zero-order valence-corrected chi connectivity index (χ0v) is 11.6. The molecule has 0 aromatic carbocycles. The summed E-state index contributed by atoms with van der Waals surface area (Å²) in [4.78, 5) is 12.1. The number of hydrogen-bond donors (Lipinski definition) is 3. The van der Waals surface area contributed by atoms with E-state index < -0.39 is 0 Å². The maximum Gasteiger partial charge on any atom is 0.224 e. The first-order valence-electron chi connectivity index (χ1n) is 7.19. The Morgan fingerprint density at radius 3 is 2.58 bits per heavy atom. The van der Waals surface area contributed by atoms with Crippen molar-refractivity contribution in [3.05, 3.63) is 11.4 Å². The molecule has 0 radical (unpaired) electrons. The van der Waals surface area contributed by atoms with E-state index in [1.54, 1.807) is 0 Å². The van der Waals surface area contributed by atoms with Crippen LogP contribution >= 0.6 is 0 Å². The van der Waals surface area contributed by atoms with E-state index in [2.05, 4.69) is 20.8 Å². The predicted molar refractivity (Wildman–Crippen MR) is 74.0 cm³/mol. The molecule has 2 bridgehead atoms. The third kappa shape index (κ3) is 2.66. The van der Waals surface area contributed by atoms with Crippen LogP contribution in [0.1, 0.15) is 43.5 Å². The number of fused-ring (bicyclic) bond motifs is 2. The summed E-state index contributed by atoms with van der Waals surface area (Å²) in [6, 6.07) is 1.29. The molecule has 0 saturated carbocycles. The van der Waals surface area contributed by atoms with Crippen molar-refractivity contribution in [2.75, 3.05) is 5.32 Å².